The van der Waals surface area contributed by atoms with E-state index in [-0.39, 0.29) is 5.91 Å². The maximum Gasteiger partial charge on any atom is 0.254 e. The van der Waals surface area contributed by atoms with Crippen LogP contribution < -0.4 is 14.8 Å². The fourth-order valence-electron chi connectivity index (χ4n) is 2.05. The second-order valence-electron chi connectivity index (χ2n) is 4.61. The molecule has 22 heavy (non-hydrogen) atoms. The first-order chi connectivity index (χ1) is 10.7. The Morgan fingerprint density at radius 3 is 2.68 bits per heavy atom. The van der Waals surface area contributed by atoms with Crippen molar-refractivity contribution in [3.8, 4) is 11.5 Å². The number of methoxy groups -OCH3 is 2. The Bertz CT molecular complexity index is 713. The smallest absolute Gasteiger partial charge is 0.254 e. The molecule has 0 aliphatic rings. The number of H-pyrrole nitrogens is 1. The number of hydrogen-bond donors (Lipinski definition) is 2. The lowest BCUT2D eigenvalue weighted by atomic mass is 10.1. The number of nitrogens with one attached hydrogen (secondary N) is 2. The highest BCUT2D eigenvalue weighted by Gasteiger charge is 2.08. The first-order valence-electron chi connectivity index (χ1n) is 6.82. The molecule has 2 N–H and O–H groups in total. The number of amides is 1. The van der Waals surface area contributed by atoms with Crippen LogP contribution in [0, 0.1) is 4.64 Å². The molecule has 1 amide bonds. The Morgan fingerprint density at radius 1 is 1.23 bits per heavy atom. The summed E-state index contributed by atoms with van der Waals surface area (Å²) < 4.78 is 10.9. The van der Waals surface area contributed by atoms with Gasteiger partial charge in [0.25, 0.3) is 5.91 Å². The number of aromatic nitrogens is 1. The summed E-state index contributed by atoms with van der Waals surface area (Å²) in [4.78, 5) is 14.9. The highest BCUT2D eigenvalue weighted by atomic mass is 32.1. The number of hydrogen-bond acceptors (Lipinski definition) is 4. The topological polar surface area (TPSA) is 63.3 Å². The van der Waals surface area contributed by atoms with Crippen LogP contribution in [0.3, 0.4) is 0 Å². The number of carbonyl (C=O) groups is 1. The number of pyridine rings is 1. The summed E-state index contributed by atoms with van der Waals surface area (Å²) in [6.07, 6.45) is 2.39. The molecule has 1 heterocycles. The van der Waals surface area contributed by atoms with E-state index >= 15 is 0 Å². The van der Waals surface area contributed by atoms with Crippen molar-refractivity contribution in [2.45, 2.75) is 6.42 Å². The van der Waals surface area contributed by atoms with Crippen LogP contribution in [-0.2, 0) is 6.42 Å². The maximum atomic E-state index is 12.0. The van der Waals surface area contributed by atoms with Gasteiger partial charge in [-0.2, -0.15) is 0 Å². The van der Waals surface area contributed by atoms with Crippen LogP contribution in [-0.4, -0.2) is 31.7 Å². The Balaban J connectivity index is 1.95. The zero-order chi connectivity index (χ0) is 15.9. The van der Waals surface area contributed by atoms with Gasteiger partial charge in [-0.25, -0.2) is 0 Å². The molecule has 0 fully saturated rings. The van der Waals surface area contributed by atoms with E-state index in [1.165, 1.54) is 0 Å². The number of carbonyl (C=O) groups excluding carboxylic acids is 1. The molecule has 0 aliphatic heterocycles. The Morgan fingerprint density at radius 2 is 2.00 bits per heavy atom. The van der Waals surface area contributed by atoms with Crippen LogP contribution in [0.1, 0.15) is 15.9 Å². The predicted octanol–water partition coefficient (Wildman–Crippen LogP) is 2.73. The Labute approximate surface area is 134 Å². The lowest BCUT2D eigenvalue weighted by molar-refractivity contribution is 0.0953. The first kappa shape index (κ1) is 16.0. The van der Waals surface area contributed by atoms with E-state index in [1.807, 2.05) is 18.2 Å². The second kappa shape index (κ2) is 7.61. The average molecular weight is 318 g/mol. The number of ether oxygens (including phenoxy) is 2. The molecule has 0 radical (unpaired) electrons. The average Bonchev–Trinajstić information content (AvgIpc) is 2.55. The third-order valence-corrected chi connectivity index (χ3v) is 3.55. The normalized spacial score (nSPS) is 10.1. The van der Waals surface area contributed by atoms with E-state index in [9.17, 15) is 4.79 Å². The van der Waals surface area contributed by atoms with Gasteiger partial charge in [0.15, 0.2) is 11.5 Å². The standard InChI is InChI=1S/C16H18N2O3S/c1-20-13-6-5-11(10-14(13)21-2)7-9-17-15(19)12-4-3-8-18-16(12)22/h3-6,8,10H,7,9H2,1-2H3,(H,17,19)(H,18,22). The van der Waals surface area contributed by atoms with Gasteiger partial charge in [-0.15, -0.1) is 0 Å². The van der Waals surface area contributed by atoms with Gasteiger partial charge < -0.3 is 19.8 Å². The lowest BCUT2D eigenvalue weighted by Crippen LogP contribution is -2.26. The maximum absolute atomic E-state index is 12.0. The molecule has 1 aromatic carbocycles. The fourth-order valence-corrected chi connectivity index (χ4v) is 2.28. The van der Waals surface area contributed by atoms with Gasteiger partial charge in [0, 0.05) is 12.7 Å². The molecule has 0 aliphatic carbocycles. The highest BCUT2D eigenvalue weighted by Crippen LogP contribution is 2.27. The van der Waals surface area contributed by atoms with Gasteiger partial charge in [-0.1, -0.05) is 18.3 Å². The van der Waals surface area contributed by atoms with E-state index in [0.717, 1.165) is 5.56 Å². The van der Waals surface area contributed by atoms with Crippen LogP contribution in [0.5, 0.6) is 11.5 Å². The van der Waals surface area contributed by atoms with Crippen molar-refractivity contribution in [2.24, 2.45) is 0 Å². The first-order valence-corrected chi connectivity index (χ1v) is 7.23. The van der Waals surface area contributed by atoms with E-state index in [2.05, 4.69) is 10.3 Å². The third-order valence-electron chi connectivity index (χ3n) is 3.21. The molecule has 0 atom stereocenters. The monoisotopic (exact) mass is 318 g/mol. The summed E-state index contributed by atoms with van der Waals surface area (Å²) in [7, 11) is 3.20. The van der Waals surface area contributed by atoms with Crippen LogP contribution in [0.4, 0.5) is 0 Å². The quantitative estimate of drug-likeness (QED) is 0.804. The largest absolute Gasteiger partial charge is 0.493 e. The van der Waals surface area contributed by atoms with Crippen molar-refractivity contribution in [2.75, 3.05) is 20.8 Å². The Hall–Kier alpha value is -2.34. The van der Waals surface area contributed by atoms with Crippen molar-refractivity contribution >= 4 is 18.1 Å². The molecule has 0 spiro atoms. The van der Waals surface area contributed by atoms with E-state index in [1.54, 1.807) is 32.5 Å². The lowest BCUT2D eigenvalue weighted by Gasteiger charge is -2.10. The summed E-state index contributed by atoms with van der Waals surface area (Å²) in [5, 5.41) is 2.86. The molecule has 0 bridgehead atoms. The molecule has 5 nitrogen and oxygen atoms in total. The summed E-state index contributed by atoms with van der Waals surface area (Å²) in [5.41, 5.74) is 1.53. The molecule has 2 rings (SSSR count). The summed E-state index contributed by atoms with van der Waals surface area (Å²) in [5.74, 6) is 1.19. The fraction of sp³-hybridized carbons (Fsp3) is 0.250. The van der Waals surface area contributed by atoms with E-state index < -0.39 is 0 Å². The van der Waals surface area contributed by atoms with Gasteiger partial charge in [0.2, 0.25) is 0 Å². The molecule has 2 aromatic rings. The number of aromatic amines is 1. The number of rotatable bonds is 6. The SMILES string of the molecule is COc1ccc(CCNC(=O)c2ccc[nH]c2=S)cc1OC. The van der Waals surface area contributed by atoms with Crippen molar-refractivity contribution in [3.63, 3.8) is 0 Å². The minimum Gasteiger partial charge on any atom is -0.493 e. The minimum atomic E-state index is -0.178. The van der Waals surface area contributed by atoms with Crippen molar-refractivity contribution in [1.29, 1.82) is 0 Å². The van der Waals surface area contributed by atoms with Crippen LogP contribution >= 0.6 is 12.2 Å². The van der Waals surface area contributed by atoms with Crippen molar-refractivity contribution < 1.29 is 14.3 Å². The van der Waals surface area contributed by atoms with E-state index in [4.69, 9.17) is 21.7 Å². The molecule has 116 valence electrons. The van der Waals surface area contributed by atoms with Gasteiger partial charge in [0.1, 0.15) is 4.64 Å². The third kappa shape index (κ3) is 3.85. The van der Waals surface area contributed by atoms with Crippen molar-refractivity contribution in [1.82, 2.24) is 10.3 Å². The zero-order valence-electron chi connectivity index (χ0n) is 12.5. The number of benzene rings is 1. The summed E-state index contributed by atoms with van der Waals surface area (Å²) >= 11 is 5.09. The molecular weight excluding hydrogens is 300 g/mol. The molecule has 0 saturated carbocycles. The minimum absolute atomic E-state index is 0.178. The molecule has 0 saturated heterocycles. The highest BCUT2D eigenvalue weighted by molar-refractivity contribution is 7.71. The zero-order valence-corrected chi connectivity index (χ0v) is 13.3. The molecule has 0 unspecified atom stereocenters. The van der Waals surface area contributed by atoms with Gasteiger partial charge in [-0.05, 0) is 36.2 Å². The molecule has 6 heteroatoms. The van der Waals surface area contributed by atoms with Gasteiger partial charge >= 0.3 is 0 Å². The van der Waals surface area contributed by atoms with Crippen LogP contribution in [0.25, 0.3) is 0 Å². The summed E-state index contributed by atoms with van der Waals surface area (Å²) in [6, 6.07) is 9.15. The summed E-state index contributed by atoms with van der Waals surface area (Å²) in [6.45, 7) is 0.512. The molecule has 1 aromatic heterocycles. The molecular formula is C16H18N2O3S. The Kier molecular flexibility index (Phi) is 5.55. The van der Waals surface area contributed by atoms with Crippen LogP contribution in [0.15, 0.2) is 36.5 Å². The van der Waals surface area contributed by atoms with Crippen LogP contribution in [0.2, 0.25) is 0 Å². The van der Waals surface area contributed by atoms with Gasteiger partial charge in [-0.3, -0.25) is 4.79 Å². The van der Waals surface area contributed by atoms with Crippen molar-refractivity contribution in [3.05, 3.63) is 52.3 Å². The predicted molar refractivity (Wildman–Crippen MR) is 87.2 cm³/mol. The van der Waals surface area contributed by atoms with E-state index in [0.29, 0.717) is 34.7 Å². The second-order valence-corrected chi connectivity index (χ2v) is 5.02. The van der Waals surface area contributed by atoms with Gasteiger partial charge in [0.05, 0.1) is 19.8 Å².